The lowest BCUT2D eigenvalue weighted by atomic mass is 9.72. The van der Waals surface area contributed by atoms with Crippen molar-refractivity contribution in [3.63, 3.8) is 0 Å². The maximum absolute atomic E-state index is 12.5. The highest BCUT2D eigenvalue weighted by Gasteiger charge is 2.47. The molecule has 1 N–H and O–H groups in total. The predicted octanol–water partition coefficient (Wildman–Crippen LogP) is 1.48. The van der Waals surface area contributed by atoms with Crippen LogP contribution >= 0.6 is 0 Å². The molecule has 0 radical (unpaired) electrons. The Hall–Kier alpha value is -2.48. The van der Waals surface area contributed by atoms with E-state index in [1.165, 1.54) is 25.7 Å². The zero-order chi connectivity index (χ0) is 20.5. The zero-order valence-electron chi connectivity index (χ0n) is 17.7. The average molecular weight is 410 g/mol. The third-order valence-corrected chi connectivity index (χ3v) is 7.06. The van der Waals surface area contributed by atoms with Gasteiger partial charge in [-0.15, -0.1) is 0 Å². The van der Waals surface area contributed by atoms with E-state index in [-0.39, 0.29) is 12.5 Å². The van der Waals surface area contributed by atoms with Crippen LogP contribution in [0.1, 0.15) is 31.4 Å². The van der Waals surface area contributed by atoms with Gasteiger partial charge >= 0.3 is 0 Å². The van der Waals surface area contributed by atoms with E-state index >= 15 is 0 Å². The maximum atomic E-state index is 12.5. The Morgan fingerprint density at radius 3 is 2.97 bits per heavy atom. The molecule has 2 aromatic heterocycles. The molecule has 5 heterocycles. The summed E-state index contributed by atoms with van der Waals surface area (Å²) in [5.74, 6) is 2.07. The lowest BCUT2D eigenvalue weighted by Gasteiger charge is -2.56. The lowest BCUT2D eigenvalue weighted by molar-refractivity contribution is -0.122. The maximum Gasteiger partial charge on any atom is 0.241 e. The van der Waals surface area contributed by atoms with Gasteiger partial charge in [-0.3, -0.25) is 14.4 Å². The molecule has 0 aromatic carbocycles. The first-order chi connectivity index (χ1) is 14.7. The number of fused-ring (bicyclic) bond motifs is 4. The molecular weight excluding hydrogens is 378 g/mol. The van der Waals surface area contributed by atoms with E-state index in [1.54, 1.807) is 10.9 Å². The van der Waals surface area contributed by atoms with Crippen LogP contribution in [0.2, 0.25) is 0 Å². The first-order valence-corrected chi connectivity index (χ1v) is 11.2. The Morgan fingerprint density at radius 1 is 1.23 bits per heavy atom. The monoisotopic (exact) mass is 409 g/mol. The quantitative estimate of drug-likeness (QED) is 0.806. The average Bonchev–Trinajstić information content (AvgIpc) is 3.26. The van der Waals surface area contributed by atoms with E-state index in [0.29, 0.717) is 30.5 Å². The van der Waals surface area contributed by atoms with Crippen molar-refractivity contribution in [1.82, 2.24) is 30.0 Å². The molecule has 8 heteroatoms. The minimum Gasteiger partial charge on any atom is -0.353 e. The molecular formula is C22H31N7O. The van der Waals surface area contributed by atoms with Gasteiger partial charge in [0.2, 0.25) is 11.9 Å². The van der Waals surface area contributed by atoms with E-state index in [0.717, 1.165) is 31.3 Å². The summed E-state index contributed by atoms with van der Waals surface area (Å²) in [5, 5.41) is 7.34. The first-order valence-electron chi connectivity index (χ1n) is 11.2. The second-order valence-electron chi connectivity index (χ2n) is 9.03. The van der Waals surface area contributed by atoms with Gasteiger partial charge < -0.3 is 10.2 Å². The number of hydrogen-bond donors (Lipinski definition) is 1. The summed E-state index contributed by atoms with van der Waals surface area (Å²) in [6.07, 6.45) is 10.5. The van der Waals surface area contributed by atoms with Crippen LogP contribution in [0, 0.1) is 18.8 Å². The molecule has 3 fully saturated rings. The van der Waals surface area contributed by atoms with Crippen molar-refractivity contribution >= 4 is 11.9 Å². The number of nitrogens with one attached hydrogen (secondary N) is 1. The molecule has 3 saturated heterocycles. The second kappa shape index (κ2) is 8.34. The van der Waals surface area contributed by atoms with Crippen molar-refractivity contribution < 1.29 is 4.79 Å². The van der Waals surface area contributed by atoms with Crippen molar-refractivity contribution in [3.8, 4) is 0 Å². The summed E-state index contributed by atoms with van der Waals surface area (Å²) in [6, 6.07) is 4.78. The SMILES string of the molecule is Cc1ccnc(N2C[C@H]3C[C@@H](C2)[C@H](CNC(=O)Cn2cccn2)N2CCCC[C@@H]32)n1. The molecule has 0 saturated carbocycles. The number of carbonyl (C=O) groups is 1. The van der Waals surface area contributed by atoms with Crippen LogP contribution in [-0.2, 0) is 11.3 Å². The number of carbonyl (C=O) groups excluding carboxylic acids is 1. The van der Waals surface area contributed by atoms with Gasteiger partial charge in [0.05, 0.1) is 0 Å². The van der Waals surface area contributed by atoms with Crippen molar-refractivity contribution in [2.75, 3.05) is 31.1 Å². The van der Waals surface area contributed by atoms with Crippen LogP contribution in [0.5, 0.6) is 0 Å². The molecule has 160 valence electrons. The number of hydrogen-bond acceptors (Lipinski definition) is 6. The summed E-state index contributed by atoms with van der Waals surface area (Å²) in [4.78, 5) is 26.8. The highest BCUT2D eigenvalue weighted by molar-refractivity contribution is 5.75. The van der Waals surface area contributed by atoms with Gasteiger partial charge in [0.1, 0.15) is 6.54 Å². The number of nitrogens with zero attached hydrogens (tertiary/aromatic N) is 6. The minimum atomic E-state index is 0.0315. The number of piperidine rings is 3. The normalized spacial score (nSPS) is 28.8. The summed E-state index contributed by atoms with van der Waals surface area (Å²) < 4.78 is 1.67. The van der Waals surface area contributed by atoms with Crippen LogP contribution in [0.25, 0.3) is 0 Å². The zero-order valence-corrected chi connectivity index (χ0v) is 17.7. The Balaban J connectivity index is 1.31. The molecule has 5 rings (SSSR count). The fourth-order valence-electron chi connectivity index (χ4n) is 5.76. The Bertz CT molecular complexity index is 870. The van der Waals surface area contributed by atoms with E-state index < -0.39 is 0 Å². The van der Waals surface area contributed by atoms with Gasteiger partial charge in [-0.1, -0.05) is 6.42 Å². The fourth-order valence-corrected chi connectivity index (χ4v) is 5.76. The Labute approximate surface area is 177 Å². The van der Waals surface area contributed by atoms with Crippen molar-refractivity contribution in [2.24, 2.45) is 11.8 Å². The molecule has 4 atom stereocenters. The molecule has 0 unspecified atom stereocenters. The van der Waals surface area contributed by atoms with Gasteiger partial charge in [0.25, 0.3) is 0 Å². The van der Waals surface area contributed by atoms with Crippen LogP contribution in [0.15, 0.2) is 30.7 Å². The smallest absolute Gasteiger partial charge is 0.241 e. The molecule has 30 heavy (non-hydrogen) atoms. The number of anilines is 1. The van der Waals surface area contributed by atoms with E-state index in [4.69, 9.17) is 4.98 Å². The number of aryl methyl sites for hydroxylation is 1. The second-order valence-corrected chi connectivity index (χ2v) is 9.03. The summed E-state index contributed by atoms with van der Waals surface area (Å²) >= 11 is 0. The van der Waals surface area contributed by atoms with Gasteiger partial charge in [-0.25, -0.2) is 9.97 Å². The largest absolute Gasteiger partial charge is 0.353 e. The van der Waals surface area contributed by atoms with Gasteiger partial charge in [0, 0.05) is 56.0 Å². The van der Waals surface area contributed by atoms with Gasteiger partial charge in [-0.05, 0) is 56.7 Å². The van der Waals surface area contributed by atoms with Crippen molar-refractivity contribution in [3.05, 3.63) is 36.4 Å². The number of rotatable bonds is 5. The fraction of sp³-hybridized carbons (Fsp3) is 0.636. The van der Waals surface area contributed by atoms with Crippen LogP contribution in [0.3, 0.4) is 0 Å². The standard InChI is InChI=1S/C22H31N7O/c1-16-6-8-23-22(26-16)27-13-17-11-18(14-27)20(29-10-3-2-5-19(17)29)12-24-21(30)15-28-9-4-7-25-28/h4,6-9,17-20H,2-3,5,10-15H2,1H3,(H,24,30)/t17-,18+,19+,20+/m1/s1. The van der Waals surface area contributed by atoms with Crippen LogP contribution < -0.4 is 10.2 Å². The van der Waals surface area contributed by atoms with Gasteiger partial charge in [-0.2, -0.15) is 5.10 Å². The van der Waals surface area contributed by atoms with Crippen LogP contribution in [-0.4, -0.2) is 68.8 Å². The Morgan fingerprint density at radius 2 is 2.13 bits per heavy atom. The van der Waals surface area contributed by atoms with E-state index in [9.17, 15) is 4.79 Å². The third-order valence-electron chi connectivity index (χ3n) is 7.06. The molecule has 0 spiro atoms. The highest BCUT2D eigenvalue weighted by atomic mass is 16.2. The van der Waals surface area contributed by atoms with Crippen LogP contribution in [0.4, 0.5) is 5.95 Å². The van der Waals surface area contributed by atoms with Crippen molar-refractivity contribution in [1.29, 1.82) is 0 Å². The molecule has 3 aliphatic heterocycles. The molecule has 8 nitrogen and oxygen atoms in total. The molecule has 2 bridgehead atoms. The van der Waals surface area contributed by atoms with E-state index in [2.05, 4.69) is 25.2 Å². The highest BCUT2D eigenvalue weighted by Crippen LogP contribution is 2.41. The summed E-state index contributed by atoms with van der Waals surface area (Å²) in [7, 11) is 0. The lowest BCUT2D eigenvalue weighted by Crippen LogP contribution is -2.66. The predicted molar refractivity (Wildman–Crippen MR) is 114 cm³/mol. The number of aromatic nitrogens is 4. The first kappa shape index (κ1) is 19.5. The minimum absolute atomic E-state index is 0.0315. The molecule has 2 aromatic rings. The summed E-state index contributed by atoms with van der Waals surface area (Å²) in [6.45, 7) is 6.16. The number of amides is 1. The topological polar surface area (TPSA) is 79.2 Å². The van der Waals surface area contributed by atoms with Crippen molar-refractivity contribution in [2.45, 2.75) is 51.2 Å². The van der Waals surface area contributed by atoms with E-state index in [1.807, 2.05) is 31.5 Å². The van der Waals surface area contributed by atoms with Gasteiger partial charge in [0.15, 0.2) is 0 Å². The molecule has 1 amide bonds. The molecule has 0 aliphatic carbocycles. The summed E-state index contributed by atoms with van der Waals surface area (Å²) in [5.41, 5.74) is 1.01. The third kappa shape index (κ3) is 3.93. The Kier molecular flexibility index (Phi) is 5.41. The molecule has 3 aliphatic rings.